The predicted octanol–water partition coefficient (Wildman–Crippen LogP) is 0.176. The van der Waals surface area contributed by atoms with E-state index < -0.39 is 17.9 Å². The largest absolute Gasteiger partial charge is 0.396 e. The third kappa shape index (κ3) is 1.92. The van der Waals surface area contributed by atoms with Gasteiger partial charge in [0.05, 0.1) is 19.5 Å². The maximum atomic E-state index is 13.2. The van der Waals surface area contributed by atoms with Gasteiger partial charge in [-0.2, -0.15) is 9.37 Å². The van der Waals surface area contributed by atoms with E-state index in [2.05, 4.69) is 9.97 Å². The van der Waals surface area contributed by atoms with Gasteiger partial charge in [0.25, 0.3) is 11.6 Å². The minimum absolute atomic E-state index is 0.00149. The summed E-state index contributed by atoms with van der Waals surface area (Å²) in [5.74, 6) is 0. The molecule has 8 heteroatoms. The second-order valence-corrected chi connectivity index (χ2v) is 5.12. The van der Waals surface area contributed by atoms with Gasteiger partial charge in [-0.15, -0.1) is 0 Å². The minimum Gasteiger partial charge on any atom is -0.396 e. The van der Waals surface area contributed by atoms with Crippen molar-refractivity contribution in [2.75, 3.05) is 13.2 Å². The molecule has 2 atom stereocenters. The van der Waals surface area contributed by atoms with Gasteiger partial charge in [-0.3, -0.25) is 14.3 Å². The van der Waals surface area contributed by atoms with Gasteiger partial charge in [-0.05, 0) is 0 Å². The number of aliphatic hydroxyl groups excluding tert-OH is 1. The summed E-state index contributed by atoms with van der Waals surface area (Å²) in [5, 5.41) is 9.31. The van der Waals surface area contributed by atoms with Gasteiger partial charge in [-0.1, -0.05) is 6.92 Å². The number of fused-ring (bicyclic) bond motifs is 1. The van der Waals surface area contributed by atoms with Crippen molar-refractivity contribution in [1.29, 1.82) is 0 Å². The number of H-pyrrole nitrogens is 1. The topological polar surface area (TPSA) is 93.0 Å². The van der Waals surface area contributed by atoms with Crippen LogP contribution in [0.5, 0.6) is 0 Å². The summed E-state index contributed by atoms with van der Waals surface area (Å²) in [7, 11) is 0. The number of rotatable bonds is 2. The number of halogens is 1. The van der Waals surface area contributed by atoms with E-state index in [1.807, 2.05) is 11.9 Å². The van der Waals surface area contributed by atoms with Gasteiger partial charge in [0.1, 0.15) is 6.23 Å². The van der Waals surface area contributed by atoms with Crippen molar-refractivity contribution in [3.63, 3.8) is 0 Å². The number of ether oxygens (including phenoxy) is 1. The second-order valence-electron chi connectivity index (χ2n) is 5.12. The molecule has 0 radical (unpaired) electrons. The third-order valence-electron chi connectivity index (χ3n) is 3.39. The fourth-order valence-electron chi connectivity index (χ4n) is 2.24. The van der Waals surface area contributed by atoms with Crippen molar-refractivity contribution in [2.45, 2.75) is 19.6 Å². The molecule has 1 saturated heterocycles. The second kappa shape index (κ2) is 4.10. The molecular formula is C11H13FN4O3. The molecule has 19 heavy (non-hydrogen) atoms. The number of hydrogen-bond donors (Lipinski definition) is 2. The maximum Gasteiger partial charge on any atom is 0.291 e. The standard InChI is InChI=1S/C11H13FN4O3/c1-11(3-17)2-6(19-4-11)16-5-13-7-8(16)14-10(12)15-9(7)18/h5-6,17H,2-4H2,1H3,(H,14,15,18)/t6-,11-/m0/s1. The van der Waals surface area contributed by atoms with Gasteiger partial charge in [0, 0.05) is 11.8 Å². The van der Waals surface area contributed by atoms with Crippen LogP contribution < -0.4 is 5.56 Å². The van der Waals surface area contributed by atoms with E-state index in [1.54, 1.807) is 0 Å². The lowest BCUT2D eigenvalue weighted by Gasteiger charge is -2.17. The van der Waals surface area contributed by atoms with Crippen molar-refractivity contribution in [3.05, 3.63) is 22.8 Å². The maximum absolute atomic E-state index is 13.2. The monoisotopic (exact) mass is 268 g/mol. The van der Waals surface area contributed by atoms with Crippen LogP contribution in [0.3, 0.4) is 0 Å². The normalized spacial score (nSPS) is 27.2. The van der Waals surface area contributed by atoms with Gasteiger partial charge in [-0.25, -0.2) is 4.98 Å². The van der Waals surface area contributed by atoms with Crippen LogP contribution in [0.15, 0.2) is 11.1 Å². The Morgan fingerprint density at radius 2 is 2.53 bits per heavy atom. The van der Waals surface area contributed by atoms with Crippen molar-refractivity contribution in [1.82, 2.24) is 19.5 Å². The molecule has 2 aromatic rings. The van der Waals surface area contributed by atoms with Crippen LogP contribution in [0, 0.1) is 11.5 Å². The Balaban J connectivity index is 2.05. The SMILES string of the molecule is C[C@]1(CO)CO[C@H](n2cnc3c(=O)[nH]c(F)nc32)C1. The van der Waals surface area contributed by atoms with E-state index >= 15 is 0 Å². The average Bonchev–Trinajstić information content (AvgIpc) is 2.94. The fraction of sp³-hybridized carbons (Fsp3) is 0.545. The summed E-state index contributed by atoms with van der Waals surface area (Å²) < 4.78 is 20.3. The molecule has 0 spiro atoms. The highest BCUT2D eigenvalue weighted by atomic mass is 19.1. The molecule has 2 aromatic heterocycles. The molecule has 1 fully saturated rings. The first-order chi connectivity index (χ1) is 9.02. The fourth-order valence-corrected chi connectivity index (χ4v) is 2.24. The Morgan fingerprint density at radius 1 is 1.74 bits per heavy atom. The summed E-state index contributed by atoms with van der Waals surface area (Å²) in [4.78, 5) is 21.0. The molecular weight excluding hydrogens is 255 g/mol. The number of hydrogen-bond acceptors (Lipinski definition) is 5. The van der Waals surface area contributed by atoms with Crippen molar-refractivity contribution >= 4 is 11.2 Å². The quantitative estimate of drug-likeness (QED) is 0.758. The lowest BCUT2D eigenvalue weighted by atomic mass is 9.90. The first-order valence-corrected chi connectivity index (χ1v) is 5.87. The molecule has 102 valence electrons. The van der Waals surface area contributed by atoms with E-state index in [-0.39, 0.29) is 23.2 Å². The number of aliphatic hydroxyl groups is 1. The average molecular weight is 268 g/mol. The molecule has 0 aliphatic carbocycles. The Bertz CT molecular complexity index is 682. The molecule has 7 nitrogen and oxygen atoms in total. The highest BCUT2D eigenvalue weighted by Gasteiger charge is 2.37. The van der Waals surface area contributed by atoms with Crippen molar-refractivity contribution < 1.29 is 14.2 Å². The third-order valence-corrected chi connectivity index (χ3v) is 3.39. The van der Waals surface area contributed by atoms with Gasteiger partial charge < -0.3 is 9.84 Å². The molecule has 0 amide bonds. The lowest BCUT2D eigenvalue weighted by molar-refractivity contribution is 0.0464. The van der Waals surface area contributed by atoms with Crippen LogP contribution in [0.25, 0.3) is 11.2 Å². The molecule has 1 aliphatic rings. The molecule has 1 aliphatic heterocycles. The summed E-state index contributed by atoms with van der Waals surface area (Å²) in [6, 6.07) is 0. The molecule has 0 saturated carbocycles. The number of nitrogens with zero attached hydrogens (tertiary/aromatic N) is 3. The molecule has 0 bridgehead atoms. The summed E-state index contributed by atoms with van der Waals surface area (Å²) in [6.45, 7) is 2.28. The predicted molar refractivity (Wildman–Crippen MR) is 62.9 cm³/mol. The zero-order valence-corrected chi connectivity index (χ0v) is 10.3. The minimum atomic E-state index is -0.956. The smallest absolute Gasteiger partial charge is 0.291 e. The first-order valence-electron chi connectivity index (χ1n) is 5.87. The summed E-state index contributed by atoms with van der Waals surface area (Å²) in [6.07, 6.45) is 0.587. The van der Waals surface area contributed by atoms with Crippen LogP contribution in [0.4, 0.5) is 4.39 Å². The van der Waals surface area contributed by atoms with Crippen molar-refractivity contribution in [2.24, 2.45) is 5.41 Å². The highest BCUT2D eigenvalue weighted by molar-refractivity contribution is 5.68. The molecule has 0 unspecified atom stereocenters. The lowest BCUT2D eigenvalue weighted by Crippen LogP contribution is -2.21. The number of aromatic amines is 1. The van der Waals surface area contributed by atoms with E-state index in [0.717, 1.165) is 0 Å². The van der Waals surface area contributed by atoms with Crippen LogP contribution >= 0.6 is 0 Å². The highest BCUT2D eigenvalue weighted by Crippen LogP contribution is 2.38. The van der Waals surface area contributed by atoms with Gasteiger partial charge >= 0.3 is 0 Å². The Morgan fingerprint density at radius 3 is 3.21 bits per heavy atom. The molecule has 2 N–H and O–H groups in total. The van der Waals surface area contributed by atoms with Crippen LogP contribution in [0.2, 0.25) is 0 Å². The van der Waals surface area contributed by atoms with Crippen LogP contribution in [0.1, 0.15) is 19.6 Å². The first kappa shape index (κ1) is 12.2. The molecule has 0 aromatic carbocycles. The van der Waals surface area contributed by atoms with E-state index in [4.69, 9.17) is 4.74 Å². The number of imidazole rings is 1. The number of aromatic nitrogens is 4. The van der Waals surface area contributed by atoms with Crippen LogP contribution in [-0.4, -0.2) is 37.8 Å². The summed E-state index contributed by atoms with van der Waals surface area (Å²) >= 11 is 0. The number of nitrogens with one attached hydrogen (secondary N) is 1. The Kier molecular flexibility index (Phi) is 2.64. The van der Waals surface area contributed by atoms with Crippen molar-refractivity contribution in [3.8, 4) is 0 Å². The zero-order valence-electron chi connectivity index (χ0n) is 10.3. The van der Waals surface area contributed by atoms with Gasteiger partial charge in [0.2, 0.25) is 0 Å². The van der Waals surface area contributed by atoms with Gasteiger partial charge in [0.15, 0.2) is 11.2 Å². The van der Waals surface area contributed by atoms with E-state index in [9.17, 15) is 14.3 Å². The summed E-state index contributed by atoms with van der Waals surface area (Å²) in [5.41, 5.74) is -0.749. The van der Waals surface area contributed by atoms with E-state index in [1.165, 1.54) is 10.9 Å². The van der Waals surface area contributed by atoms with E-state index in [0.29, 0.717) is 13.0 Å². The Hall–Kier alpha value is -1.80. The Labute approximate surface area is 107 Å². The zero-order chi connectivity index (χ0) is 13.6. The van der Waals surface area contributed by atoms with Crippen LogP contribution in [-0.2, 0) is 4.74 Å². The molecule has 3 rings (SSSR count). The molecule has 3 heterocycles.